The van der Waals surface area contributed by atoms with E-state index in [4.69, 9.17) is 23.2 Å². The molecule has 3 aromatic carbocycles. The standard InChI is InChI=1S/C23H22Cl2N4O2S/c1-26-22(28-32(30,31)20-9-5-8-19(25)14-20)23(17-10-12-18(24)13-11-17)21(15-27-29-23)16-6-3-2-4-7-16/h2-14,21,27,29H,15H2,1H3,(H,26,28). The fourth-order valence-corrected chi connectivity index (χ4v) is 5.60. The Kier molecular flexibility index (Phi) is 6.55. The highest BCUT2D eigenvalue weighted by Crippen LogP contribution is 2.41. The predicted octanol–water partition coefficient (Wildman–Crippen LogP) is 4.09. The third-order valence-corrected chi connectivity index (χ3v) is 7.37. The summed E-state index contributed by atoms with van der Waals surface area (Å²) in [6, 6.07) is 23.3. The summed E-state index contributed by atoms with van der Waals surface area (Å²) >= 11 is 12.2. The summed E-state index contributed by atoms with van der Waals surface area (Å²) in [5, 5.41) is 0.915. The first kappa shape index (κ1) is 22.8. The number of rotatable bonds is 5. The molecule has 1 aliphatic heterocycles. The van der Waals surface area contributed by atoms with E-state index in [1.54, 1.807) is 31.3 Å². The number of hydrogen-bond acceptors (Lipinski definition) is 5. The van der Waals surface area contributed by atoms with Crippen molar-refractivity contribution in [2.24, 2.45) is 4.99 Å². The molecule has 3 N–H and O–H groups in total. The lowest BCUT2D eigenvalue weighted by Crippen LogP contribution is -2.56. The van der Waals surface area contributed by atoms with Crippen molar-refractivity contribution in [3.8, 4) is 0 Å². The first-order valence-electron chi connectivity index (χ1n) is 9.93. The highest BCUT2D eigenvalue weighted by Gasteiger charge is 2.50. The zero-order chi connectivity index (χ0) is 22.8. The van der Waals surface area contributed by atoms with Gasteiger partial charge in [-0.3, -0.25) is 15.1 Å². The van der Waals surface area contributed by atoms with Crippen LogP contribution in [0.15, 0.2) is 88.8 Å². The van der Waals surface area contributed by atoms with Gasteiger partial charge in [0.15, 0.2) is 0 Å². The molecule has 0 aromatic heterocycles. The number of nitrogens with one attached hydrogen (secondary N) is 3. The highest BCUT2D eigenvalue weighted by molar-refractivity contribution is 7.90. The molecule has 32 heavy (non-hydrogen) atoms. The first-order valence-corrected chi connectivity index (χ1v) is 12.2. The van der Waals surface area contributed by atoms with Crippen LogP contribution >= 0.6 is 23.2 Å². The quantitative estimate of drug-likeness (QED) is 0.373. The van der Waals surface area contributed by atoms with Crippen molar-refractivity contribution in [2.45, 2.75) is 16.4 Å². The van der Waals surface area contributed by atoms with Crippen molar-refractivity contribution in [3.63, 3.8) is 0 Å². The van der Waals surface area contributed by atoms with E-state index in [1.807, 2.05) is 42.5 Å². The van der Waals surface area contributed by atoms with Crippen molar-refractivity contribution in [3.05, 3.63) is 100 Å². The molecule has 2 atom stereocenters. The molecule has 0 bridgehead atoms. The molecule has 6 nitrogen and oxygen atoms in total. The van der Waals surface area contributed by atoms with Gasteiger partial charge in [0.2, 0.25) is 0 Å². The summed E-state index contributed by atoms with van der Waals surface area (Å²) in [4.78, 5) is 4.46. The summed E-state index contributed by atoms with van der Waals surface area (Å²) in [6.07, 6.45) is 0. The topological polar surface area (TPSA) is 82.6 Å². The van der Waals surface area contributed by atoms with E-state index < -0.39 is 15.6 Å². The highest BCUT2D eigenvalue weighted by atomic mass is 35.5. The van der Waals surface area contributed by atoms with E-state index >= 15 is 0 Å². The molecular formula is C23H22Cl2N4O2S. The smallest absolute Gasteiger partial charge is 0.262 e. The number of hydrogen-bond donors (Lipinski definition) is 3. The summed E-state index contributed by atoms with van der Waals surface area (Å²) in [6.45, 7) is 0.560. The lowest BCUT2D eigenvalue weighted by Gasteiger charge is -2.36. The van der Waals surface area contributed by atoms with Gasteiger partial charge >= 0.3 is 0 Å². The molecule has 1 fully saturated rings. The number of benzene rings is 3. The molecule has 0 radical (unpaired) electrons. The molecule has 0 spiro atoms. The van der Waals surface area contributed by atoms with Crippen molar-refractivity contribution in [1.29, 1.82) is 0 Å². The average molecular weight is 489 g/mol. The van der Waals surface area contributed by atoms with E-state index in [-0.39, 0.29) is 16.6 Å². The van der Waals surface area contributed by atoms with Crippen molar-refractivity contribution in [2.75, 3.05) is 13.6 Å². The second-order valence-electron chi connectivity index (χ2n) is 7.42. The van der Waals surface area contributed by atoms with E-state index in [0.717, 1.165) is 11.1 Å². The van der Waals surface area contributed by atoms with Gasteiger partial charge in [0.25, 0.3) is 10.0 Å². The SMILES string of the molecule is CN=C(NS(=O)(=O)c1cccc(Cl)c1)C1(c2ccc(Cl)cc2)NNCC1c1ccccc1. The van der Waals surface area contributed by atoms with Crippen molar-refractivity contribution in [1.82, 2.24) is 15.6 Å². The van der Waals surface area contributed by atoms with Gasteiger partial charge in [-0.05, 0) is 41.5 Å². The summed E-state index contributed by atoms with van der Waals surface area (Å²) in [7, 11) is -2.39. The van der Waals surface area contributed by atoms with Gasteiger partial charge in [-0.15, -0.1) is 0 Å². The molecule has 1 saturated heterocycles. The van der Waals surface area contributed by atoms with Gasteiger partial charge in [-0.1, -0.05) is 71.7 Å². The van der Waals surface area contributed by atoms with E-state index in [1.165, 1.54) is 12.1 Å². The number of sulfonamides is 1. The Morgan fingerprint density at radius 2 is 1.72 bits per heavy atom. The van der Waals surface area contributed by atoms with Gasteiger partial charge in [0.05, 0.1) is 4.90 Å². The molecular weight excluding hydrogens is 467 g/mol. The number of halogens is 2. The summed E-state index contributed by atoms with van der Waals surface area (Å²) in [5.74, 6) is 0.0873. The van der Waals surface area contributed by atoms with Gasteiger partial charge in [-0.25, -0.2) is 13.8 Å². The minimum Gasteiger partial charge on any atom is -0.273 e. The number of hydrazine groups is 1. The molecule has 166 valence electrons. The Bertz CT molecular complexity index is 1230. The molecule has 9 heteroatoms. The third-order valence-electron chi connectivity index (χ3n) is 5.55. The first-order chi connectivity index (χ1) is 15.4. The fourth-order valence-electron chi connectivity index (χ4n) is 4.06. The second kappa shape index (κ2) is 9.21. The Balaban J connectivity index is 1.85. The van der Waals surface area contributed by atoms with Gasteiger partial charge < -0.3 is 0 Å². The molecule has 0 aliphatic carbocycles. The predicted molar refractivity (Wildman–Crippen MR) is 129 cm³/mol. The summed E-state index contributed by atoms with van der Waals surface area (Å²) < 4.78 is 29.2. The molecule has 3 aromatic rings. The molecule has 0 amide bonds. The normalized spacial score (nSPS) is 21.5. The van der Waals surface area contributed by atoms with Crippen LogP contribution in [0.2, 0.25) is 10.0 Å². The van der Waals surface area contributed by atoms with Crippen LogP contribution in [0.3, 0.4) is 0 Å². The zero-order valence-corrected chi connectivity index (χ0v) is 19.5. The lowest BCUT2D eigenvalue weighted by molar-refractivity contribution is 0.450. The second-order valence-corrected chi connectivity index (χ2v) is 9.97. The third kappa shape index (κ3) is 4.27. The molecule has 0 saturated carbocycles. The van der Waals surface area contributed by atoms with Gasteiger partial charge in [-0.2, -0.15) is 0 Å². The number of amidine groups is 1. The minimum atomic E-state index is -3.95. The van der Waals surface area contributed by atoms with Crippen LogP contribution in [0.1, 0.15) is 17.0 Å². The maximum atomic E-state index is 13.3. The van der Waals surface area contributed by atoms with Crippen LogP contribution in [-0.2, 0) is 15.6 Å². The number of nitrogens with zero attached hydrogens (tertiary/aromatic N) is 1. The monoisotopic (exact) mass is 488 g/mol. The Labute approximate surface area is 197 Å². The van der Waals surface area contributed by atoms with Crippen molar-refractivity contribution >= 4 is 39.1 Å². The largest absolute Gasteiger partial charge is 0.273 e. The molecule has 1 aliphatic rings. The zero-order valence-electron chi connectivity index (χ0n) is 17.2. The Morgan fingerprint density at radius 3 is 2.38 bits per heavy atom. The maximum Gasteiger partial charge on any atom is 0.262 e. The van der Waals surface area contributed by atoms with Crippen LogP contribution in [0.5, 0.6) is 0 Å². The molecule has 4 rings (SSSR count). The van der Waals surface area contributed by atoms with Crippen LogP contribution < -0.4 is 15.6 Å². The van der Waals surface area contributed by atoms with E-state index in [9.17, 15) is 8.42 Å². The van der Waals surface area contributed by atoms with Gasteiger partial charge in [0.1, 0.15) is 11.4 Å². The lowest BCUT2D eigenvalue weighted by atomic mass is 9.75. The van der Waals surface area contributed by atoms with Crippen molar-refractivity contribution < 1.29 is 8.42 Å². The maximum absolute atomic E-state index is 13.3. The van der Waals surface area contributed by atoms with Crippen LogP contribution in [-0.4, -0.2) is 27.8 Å². The minimum absolute atomic E-state index is 0.0552. The van der Waals surface area contributed by atoms with Crippen LogP contribution in [0.25, 0.3) is 0 Å². The van der Waals surface area contributed by atoms with Crippen LogP contribution in [0, 0.1) is 0 Å². The average Bonchev–Trinajstić information content (AvgIpc) is 3.24. The molecule has 2 unspecified atom stereocenters. The number of aliphatic imine (C=N–C) groups is 1. The molecule has 1 heterocycles. The summed E-state index contributed by atoms with van der Waals surface area (Å²) in [5.41, 5.74) is 7.37. The fraction of sp³-hybridized carbons (Fsp3) is 0.174. The van der Waals surface area contributed by atoms with E-state index in [2.05, 4.69) is 20.6 Å². The van der Waals surface area contributed by atoms with Gasteiger partial charge in [0, 0.05) is 29.6 Å². The van der Waals surface area contributed by atoms with Crippen LogP contribution in [0.4, 0.5) is 0 Å². The Morgan fingerprint density at radius 1 is 1.00 bits per heavy atom. The Hall–Kier alpha value is -2.42. The van der Waals surface area contributed by atoms with E-state index in [0.29, 0.717) is 16.6 Å².